The Morgan fingerprint density at radius 2 is 2.31 bits per heavy atom. The van der Waals surface area contributed by atoms with E-state index in [1.165, 1.54) is 19.2 Å². The van der Waals surface area contributed by atoms with E-state index >= 15 is 0 Å². The highest BCUT2D eigenvalue weighted by molar-refractivity contribution is 9.10. The molecule has 0 saturated heterocycles. The molecule has 0 fully saturated rings. The molecule has 0 spiro atoms. The van der Waals surface area contributed by atoms with E-state index in [1.807, 2.05) is 0 Å². The van der Waals surface area contributed by atoms with Crippen molar-refractivity contribution >= 4 is 27.5 Å². The number of hydrogen-bond donors (Lipinski definition) is 2. The van der Waals surface area contributed by atoms with E-state index in [2.05, 4.69) is 21.2 Å². The summed E-state index contributed by atoms with van der Waals surface area (Å²) in [6, 6.07) is 2.60. The Balaban J connectivity index is 2.60. The second-order valence-electron chi connectivity index (χ2n) is 3.08. The number of ether oxygens (including phenoxy) is 1. The molecule has 0 heterocycles. The lowest BCUT2D eigenvalue weighted by molar-refractivity contribution is -0.121. The zero-order chi connectivity index (χ0) is 12.1. The van der Waals surface area contributed by atoms with Crippen LogP contribution >= 0.6 is 15.9 Å². The molecule has 0 unspecified atom stereocenters. The summed E-state index contributed by atoms with van der Waals surface area (Å²) in [5.41, 5.74) is 5.94. The Bertz CT molecular complexity index is 399. The quantitative estimate of drug-likeness (QED) is 0.830. The van der Waals surface area contributed by atoms with Gasteiger partial charge in [0.2, 0.25) is 5.91 Å². The van der Waals surface area contributed by atoms with Crippen molar-refractivity contribution in [1.82, 2.24) is 5.32 Å². The molecule has 88 valence electrons. The Labute approximate surface area is 101 Å². The zero-order valence-electron chi connectivity index (χ0n) is 8.72. The van der Waals surface area contributed by atoms with Gasteiger partial charge in [-0.15, -0.1) is 0 Å². The van der Waals surface area contributed by atoms with Crippen molar-refractivity contribution in [3.8, 4) is 5.75 Å². The van der Waals surface area contributed by atoms with Gasteiger partial charge in [-0.3, -0.25) is 4.79 Å². The van der Waals surface area contributed by atoms with Crippen LogP contribution < -0.4 is 15.8 Å². The SMILES string of the molecule is CNC(=O)CCOc1cc(F)c(Br)cc1N. The first-order valence-electron chi connectivity index (χ1n) is 4.62. The number of anilines is 1. The third kappa shape index (κ3) is 3.37. The van der Waals surface area contributed by atoms with Gasteiger partial charge < -0.3 is 15.8 Å². The summed E-state index contributed by atoms with van der Waals surface area (Å²) in [6.07, 6.45) is 0.202. The third-order valence-electron chi connectivity index (χ3n) is 1.92. The zero-order valence-corrected chi connectivity index (χ0v) is 10.3. The third-order valence-corrected chi connectivity index (χ3v) is 2.53. The van der Waals surface area contributed by atoms with E-state index in [0.29, 0.717) is 5.69 Å². The maximum absolute atomic E-state index is 13.1. The van der Waals surface area contributed by atoms with Crippen LogP contribution in [0.5, 0.6) is 5.75 Å². The number of benzene rings is 1. The van der Waals surface area contributed by atoms with Gasteiger partial charge in [-0.2, -0.15) is 0 Å². The summed E-state index contributed by atoms with van der Waals surface area (Å²) in [5.74, 6) is -0.357. The largest absolute Gasteiger partial charge is 0.491 e. The number of nitrogen functional groups attached to an aromatic ring is 1. The first-order chi connectivity index (χ1) is 7.54. The van der Waals surface area contributed by atoms with Crippen LogP contribution in [0.2, 0.25) is 0 Å². The lowest BCUT2D eigenvalue weighted by Gasteiger charge is -2.09. The standard InChI is InChI=1S/C10H12BrFN2O2/c1-14-10(15)2-3-16-9-5-7(12)6(11)4-8(9)13/h4-5H,2-3,13H2,1H3,(H,14,15). The fourth-order valence-corrected chi connectivity index (χ4v) is 1.41. The van der Waals surface area contributed by atoms with Crippen molar-refractivity contribution in [2.45, 2.75) is 6.42 Å². The number of rotatable bonds is 4. The summed E-state index contributed by atoms with van der Waals surface area (Å²) in [5, 5.41) is 2.45. The lowest BCUT2D eigenvalue weighted by atomic mass is 10.3. The predicted molar refractivity (Wildman–Crippen MR) is 62.7 cm³/mol. The summed E-state index contributed by atoms with van der Waals surface area (Å²) in [6.45, 7) is 0.158. The summed E-state index contributed by atoms with van der Waals surface area (Å²) < 4.78 is 18.6. The van der Waals surface area contributed by atoms with Crippen LogP contribution in [0.4, 0.5) is 10.1 Å². The molecule has 16 heavy (non-hydrogen) atoms. The minimum absolute atomic E-state index is 0.142. The molecule has 0 bridgehead atoms. The Kier molecular flexibility index (Phi) is 4.54. The van der Waals surface area contributed by atoms with E-state index in [9.17, 15) is 9.18 Å². The van der Waals surface area contributed by atoms with Crippen LogP contribution in [0.3, 0.4) is 0 Å². The predicted octanol–water partition coefficient (Wildman–Crippen LogP) is 1.69. The Hall–Kier alpha value is -1.30. The normalized spacial score (nSPS) is 9.94. The minimum Gasteiger partial charge on any atom is -0.491 e. The minimum atomic E-state index is -0.454. The molecule has 0 radical (unpaired) electrons. The van der Waals surface area contributed by atoms with Crippen molar-refractivity contribution in [1.29, 1.82) is 0 Å². The van der Waals surface area contributed by atoms with E-state index in [1.54, 1.807) is 0 Å². The molecule has 3 N–H and O–H groups in total. The second-order valence-corrected chi connectivity index (χ2v) is 3.93. The molecule has 0 aromatic heterocycles. The number of nitrogens with two attached hydrogens (primary N) is 1. The van der Waals surface area contributed by atoms with Gasteiger partial charge in [0, 0.05) is 13.1 Å². The highest BCUT2D eigenvalue weighted by atomic mass is 79.9. The van der Waals surface area contributed by atoms with Gasteiger partial charge in [0.25, 0.3) is 0 Å². The molecule has 0 aliphatic heterocycles. The molecule has 1 amide bonds. The summed E-state index contributed by atoms with van der Waals surface area (Å²) in [4.78, 5) is 10.9. The van der Waals surface area contributed by atoms with Crippen molar-refractivity contribution in [2.75, 3.05) is 19.4 Å². The number of carbonyl (C=O) groups is 1. The average molecular weight is 291 g/mol. The topological polar surface area (TPSA) is 64.3 Å². The van der Waals surface area contributed by atoms with Gasteiger partial charge in [-0.1, -0.05) is 0 Å². The number of amides is 1. The monoisotopic (exact) mass is 290 g/mol. The van der Waals surface area contributed by atoms with Crippen molar-refractivity contribution in [3.63, 3.8) is 0 Å². The van der Waals surface area contributed by atoms with Crippen molar-refractivity contribution in [2.24, 2.45) is 0 Å². The lowest BCUT2D eigenvalue weighted by Crippen LogP contribution is -2.20. The molecule has 6 heteroatoms. The van der Waals surface area contributed by atoms with Crippen LogP contribution in [-0.2, 0) is 4.79 Å². The number of nitrogens with one attached hydrogen (secondary N) is 1. The molecule has 1 aromatic carbocycles. The number of carbonyl (C=O) groups excluding carboxylic acids is 1. The summed E-state index contributed by atoms with van der Waals surface area (Å²) in [7, 11) is 1.54. The number of halogens is 2. The molecule has 0 aliphatic rings. The number of hydrogen-bond acceptors (Lipinski definition) is 3. The maximum atomic E-state index is 13.1. The molecule has 0 atom stereocenters. The van der Waals surface area contributed by atoms with Crippen molar-refractivity contribution < 1.29 is 13.9 Å². The van der Waals surface area contributed by atoms with E-state index < -0.39 is 5.82 Å². The summed E-state index contributed by atoms with van der Waals surface area (Å²) >= 11 is 3.01. The molecule has 1 aromatic rings. The van der Waals surface area contributed by atoms with Crippen LogP contribution in [0.1, 0.15) is 6.42 Å². The van der Waals surface area contributed by atoms with E-state index in [-0.39, 0.29) is 29.2 Å². The maximum Gasteiger partial charge on any atom is 0.223 e. The van der Waals surface area contributed by atoms with Crippen LogP contribution in [-0.4, -0.2) is 19.6 Å². The fraction of sp³-hybridized carbons (Fsp3) is 0.300. The Morgan fingerprint density at radius 3 is 2.94 bits per heavy atom. The van der Waals surface area contributed by atoms with Gasteiger partial charge in [0.05, 0.1) is 23.2 Å². The van der Waals surface area contributed by atoms with E-state index in [4.69, 9.17) is 10.5 Å². The van der Waals surface area contributed by atoms with E-state index in [0.717, 1.165) is 0 Å². The van der Waals surface area contributed by atoms with Gasteiger partial charge in [0.1, 0.15) is 11.6 Å². The molecule has 1 rings (SSSR count). The van der Waals surface area contributed by atoms with Gasteiger partial charge in [-0.25, -0.2) is 4.39 Å². The van der Waals surface area contributed by atoms with Crippen LogP contribution in [0.25, 0.3) is 0 Å². The van der Waals surface area contributed by atoms with Crippen LogP contribution in [0.15, 0.2) is 16.6 Å². The van der Waals surface area contributed by atoms with Crippen LogP contribution in [0, 0.1) is 5.82 Å². The molecular weight excluding hydrogens is 279 g/mol. The Morgan fingerprint density at radius 1 is 1.62 bits per heavy atom. The first-order valence-corrected chi connectivity index (χ1v) is 5.41. The molecular formula is C10H12BrFN2O2. The molecule has 0 aliphatic carbocycles. The highest BCUT2D eigenvalue weighted by Crippen LogP contribution is 2.28. The van der Waals surface area contributed by atoms with Gasteiger partial charge in [0.15, 0.2) is 0 Å². The molecule has 4 nitrogen and oxygen atoms in total. The van der Waals surface area contributed by atoms with Crippen molar-refractivity contribution in [3.05, 3.63) is 22.4 Å². The smallest absolute Gasteiger partial charge is 0.223 e. The molecule has 0 saturated carbocycles. The average Bonchev–Trinajstić information content (AvgIpc) is 2.25. The fourth-order valence-electron chi connectivity index (χ4n) is 1.05. The highest BCUT2D eigenvalue weighted by Gasteiger charge is 2.07. The van der Waals surface area contributed by atoms with Gasteiger partial charge in [-0.05, 0) is 22.0 Å². The van der Waals surface area contributed by atoms with Gasteiger partial charge >= 0.3 is 0 Å². The second kappa shape index (κ2) is 5.69. The first kappa shape index (κ1) is 12.8.